The smallest absolute Gasteiger partial charge is 0.0720 e. The Balaban J connectivity index is 2.45. The van der Waals surface area contributed by atoms with Gasteiger partial charge in [0.2, 0.25) is 0 Å². The van der Waals surface area contributed by atoms with Crippen molar-refractivity contribution >= 4 is 0 Å². The zero-order valence-corrected chi connectivity index (χ0v) is 11.8. The van der Waals surface area contributed by atoms with Crippen molar-refractivity contribution in [2.24, 2.45) is 0 Å². The van der Waals surface area contributed by atoms with Crippen molar-refractivity contribution in [3.63, 3.8) is 0 Å². The van der Waals surface area contributed by atoms with E-state index in [1.807, 2.05) is 6.92 Å². The van der Waals surface area contributed by atoms with Crippen LogP contribution in [0.2, 0.25) is 0 Å². The van der Waals surface area contributed by atoms with Gasteiger partial charge in [-0.3, -0.25) is 0 Å². The molecular formula is C16H25NO. The van der Waals surface area contributed by atoms with Gasteiger partial charge in [-0.15, -0.1) is 6.58 Å². The Bertz CT molecular complexity index is 371. The zero-order chi connectivity index (χ0) is 13.4. The van der Waals surface area contributed by atoms with Crippen LogP contribution in [0.25, 0.3) is 0 Å². The summed E-state index contributed by atoms with van der Waals surface area (Å²) < 4.78 is 5.69. The SMILES string of the molecule is C=C(C)CCOCc1ccccc1CNC(C)C. The van der Waals surface area contributed by atoms with Gasteiger partial charge < -0.3 is 10.1 Å². The van der Waals surface area contributed by atoms with E-state index in [1.165, 1.54) is 16.7 Å². The third kappa shape index (κ3) is 5.99. The van der Waals surface area contributed by atoms with Crippen LogP contribution in [0.1, 0.15) is 38.3 Å². The summed E-state index contributed by atoms with van der Waals surface area (Å²) in [7, 11) is 0. The van der Waals surface area contributed by atoms with Gasteiger partial charge in [-0.2, -0.15) is 0 Å². The molecule has 0 unspecified atom stereocenters. The highest BCUT2D eigenvalue weighted by Gasteiger charge is 2.02. The fraction of sp³-hybridized carbons (Fsp3) is 0.500. The molecule has 2 nitrogen and oxygen atoms in total. The van der Waals surface area contributed by atoms with Crippen LogP contribution in [0.3, 0.4) is 0 Å². The quantitative estimate of drug-likeness (QED) is 0.559. The third-order valence-electron chi connectivity index (χ3n) is 2.75. The zero-order valence-electron chi connectivity index (χ0n) is 11.8. The molecule has 0 amide bonds. The summed E-state index contributed by atoms with van der Waals surface area (Å²) in [6.07, 6.45) is 0.937. The summed E-state index contributed by atoms with van der Waals surface area (Å²) >= 11 is 0. The van der Waals surface area contributed by atoms with Crippen LogP contribution in [0.5, 0.6) is 0 Å². The topological polar surface area (TPSA) is 21.3 Å². The van der Waals surface area contributed by atoms with Gasteiger partial charge >= 0.3 is 0 Å². The fourth-order valence-corrected chi connectivity index (χ4v) is 1.61. The van der Waals surface area contributed by atoms with Crippen molar-refractivity contribution < 1.29 is 4.74 Å². The Morgan fingerprint density at radius 1 is 1.28 bits per heavy atom. The van der Waals surface area contributed by atoms with Gasteiger partial charge in [-0.05, 0) is 24.5 Å². The van der Waals surface area contributed by atoms with Crippen LogP contribution in [0.15, 0.2) is 36.4 Å². The lowest BCUT2D eigenvalue weighted by molar-refractivity contribution is 0.123. The summed E-state index contributed by atoms with van der Waals surface area (Å²) in [5.74, 6) is 0. The first-order chi connectivity index (χ1) is 8.59. The lowest BCUT2D eigenvalue weighted by Gasteiger charge is -2.13. The molecule has 0 fully saturated rings. The van der Waals surface area contributed by atoms with Crippen LogP contribution in [0, 0.1) is 0 Å². The number of benzene rings is 1. The molecule has 0 saturated carbocycles. The maximum Gasteiger partial charge on any atom is 0.0720 e. The molecule has 1 aromatic rings. The van der Waals surface area contributed by atoms with E-state index < -0.39 is 0 Å². The molecule has 1 rings (SSSR count). The Morgan fingerprint density at radius 3 is 2.56 bits per heavy atom. The van der Waals surface area contributed by atoms with Crippen molar-refractivity contribution in [2.45, 2.75) is 46.4 Å². The highest BCUT2D eigenvalue weighted by Crippen LogP contribution is 2.11. The number of rotatable bonds is 8. The second-order valence-electron chi connectivity index (χ2n) is 5.06. The van der Waals surface area contributed by atoms with Crippen molar-refractivity contribution in [3.8, 4) is 0 Å². The Hall–Kier alpha value is -1.12. The average Bonchev–Trinajstić information content (AvgIpc) is 2.33. The number of hydrogen-bond donors (Lipinski definition) is 1. The third-order valence-corrected chi connectivity index (χ3v) is 2.75. The monoisotopic (exact) mass is 247 g/mol. The molecule has 1 N–H and O–H groups in total. The van der Waals surface area contributed by atoms with E-state index >= 15 is 0 Å². The summed E-state index contributed by atoms with van der Waals surface area (Å²) in [6.45, 7) is 12.6. The van der Waals surface area contributed by atoms with Crippen LogP contribution < -0.4 is 5.32 Å². The fourth-order valence-electron chi connectivity index (χ4n) is 1.61. The van der Waals surface area contributed by atoms with E-state index in [0.29, 0.717) is 12.6 Å². The molecule has 18 heavy (non-hydrogen) atoms. The van der Waals surface area contributed by atoms with Crippen LogP contribution in [0.4, 0.5) is 0 Å². The van der Waals surface area contributed by atoms with E-state index in [1.54, 1.807) is 0 Å². The molecule has 0 aliphatic carbocycles. The molecule has 0 radical (unpaired) electrons. The molecule has 0 aromatic heterocycles. The molecule has 2 heteroatoms. The minimum Gasteiger partial charge on any atom is -0.376 e. The first kappa shape index (κ1) is 14.9. The number of hydrogen-bond acceptors (Lipinski definition) is 2. The molecule has 0 aliphatic rings. The molecule has 100 valence electrons. The second-order valence-corrected chi connectivity index (χ2v) is 5.06. The van der Waals surface area contributed by atoms with Crippen molar-refractivity contribution in [2.75, 3.05) is 6.61 Å². The average molecular weight is 247 g/mol. The molecule has 0 spiro atoms. The first-order valence-electron chi connectivity index (χ1n) is 6.62. The minimum absolute atomic E-state index is 0.502. The lowest BCUT2D eigenvalue weighted by atomic mass is 10.1. The molecule has 0 saturated heterocycles. The minimum atomic E-state index is 0.502. The van der Waals surface area contributed by atoms with Gasteiger partial charge in [0, 0.05) is 12.6 Å². The summed E-state index contributed by atoms with van der Waals surface area (Å²) in [4.78, 5) is 0. The molecule has 0 bridgehead atoms. The molecule has 0 atom stereocenters. The van der Waals surface area contributed by atoms with E-state index in [2.05, 4.69) is 50.0 Å². The van der Waals surface area contributed by atoms with Crippen molar-refractivity contribution in [1.29, 1.82) is 0 Å². The standard InChI is InChI=1S/C16H25NO/c1-13(2)9-10-18-12-16-8-6-5-7-15(16)11-17-14(3)4/h5-8,14,17H,1,9-12H2,2-4H3. The van der Waals surface area contributed by atoms with Gasteiger partial charge in [-0.25, -0.2) is 0 Å². The van der Waals surface area contributed by atoms with E-state index in [9.17, 15) is 0 Å². The second kappa shape index (κ2) is 8.06. The van der Waals surface area contributed by atoms with Gasteiger partial charge in [0.1, 0.15) is 0 Å². The highest BCUT2D eigenvalue weighted by molar-refractivity contribution is 5.26. The summed E-state index contributed by atoms with van der Waals surface area (Å²) in [6, 6.07) is 8.94. The van der Waals surface area contributed by atoms with Gasteiger partial charge in [-0.1, -0.05) is 43.7 Å². The molecule has 0 aliphatic heterocycles. The predicted molar refractivity (Wildman–Crippen MR) is 77.5 cm³/mol. The van der Waals surface area contributed by atoms with Gasteiger partial charge in [0.05, 0.1) is 13.2 Å². The number of ether oxygens (including phenoxy) is 1. The lowest BCUT2D eigenvalue weighted by Crippen LogP contribution is -2.22. The van der Waals surface area contributed by atoms with E-state index in [0.717, 1.165) is 19.6 Å². The van der Waals surface area contributed by atoms with Gasteiger partial charge in [0.25, 0.3) is 0 Å². The molecular weight excluding hydrogens is 222 g/mol. The molecule has 0 heterocycles. The van der Waals surface area contributed by atoms with Crippen molar-refractivity contribution in [1.82, 2.24) is 5.32 Å². The normalized spacial score (nSPS) is 10.9. The highest BCUT2D eigenvalue weighted by atomic mass is 16.5. The number of nitrogens with one attached hydrogen (secondary N) is 1. The Labute approximate surface area is 111 Å². The summed E-state index contributed by atoms with van der Waals surface area (Å²) in [5, 5.41) is 3.44. The van der Waals surface area contributed by atoms with Crippen LogP contribution >= 0.6 is 0 Å². The van der Waals surface area contributed by atoms with E-state index in [-0.39, 0.29) is 0 Å². The van der Waals surface area contributed by atoms with Crippen LogP contribution in [-0.4, -0.2) is 12.6 Å². The predicted octanol–water partition coefficient (Wildman–Crippen LogP) is 3.67. The van der Waals surface area contributed by atoms with Crippen molar-refractivity contribution in [3.05, 3.63) is 47.5 Å². The Kier molecular flexibility index (Phi) is 6.69. The maximum absolute atomic E-state index is 5.69. The maximum atomic E-state index is 5.69. The first-order valence-corrected chi connectivity index (χ1v) is 6.62. The van der Waals surface area contributed by atoms with Crippen LogP contribution in [-0.2, 0) is 17.9 Å². The Morgan fingerprint density at radius 2 is 1.94 bits per heavy atom. The van der Waals surface area contributed by atoms with Gasteiger partial charge in [0.15, 0.2) is 0 Å². The summed E-state index contributed by atoms with van der Waals surface area (Å²) in [5.41, 5.74) is 3.76. The largest absolute Gasteiger partial charge is 0.376 e. The molecule has 1 aromatic carbocycles. The van der Waals surface area contributed by atoms with E-state index in [4.69, 9.17) is 4.74 Å².